The van der Waals surface area contributed by atoms with Gasteiger partial charge in [0.1, 0.15) is 0 Å². The van der Waals surface area contributed by atoms with Gasteiger partial charge in [-0.15, -0.1) is 0 Å². The number of benzene rings is 1. The minimum absolute atomic E-state index is 0.0428. The lowest BCUT2D eigenvalue weighted by Gasteiger charge is -2.37. The maximum Gasteiger partial charge on any atom is 0.253 e. The summed E-state index contributed by atoms with van der Waals surface area (Å²) < 4.78 is 0. The molecule has 3 rings (SSSR count). The van der Waals surface area contributed by atoms with Crippen LogP contribution in [0.1, 0.15) is 42.5 Å². The van der Waals surface area contributed by atoms with Crippen LogP contribution >= 0.6 is 0 Å². The number of nitrogens with one attached hydrogen (secondary N) is 1. The number of piperidine rings is 1. The summed E-state index contributed by atoms with van der Waals surface area (Å²) in [7, 11) is 0. The van der Waals surface area contributed by atoms with Gasteiger partial charge in [-0.1, -0.05) is 18.2 Å². The van der Waals surface area contributed by atoms with Gasteiger partial charge >= 0.3 is 0 Å². The Hall–Kier alpha value is -1.92. The average Bonchev–Trinajstić information content (AvgIpc) is 2.64. The van der Waals surface area contributed by atoms with E-state index in [4.69, 9.17) is 0 Å². The quantitative estimate of drug-likeness (QED) is 0.759. The van der Waals surface area contributed by atoms with Crippen molar-refractivity contribution < 1.29 is 19.8 Å². The molecule has 2 amide bonds. The smallest absolute Gasteiger partial charge is 0.253 e. The Labute approximate surface area is 147 Å². The normalized spacial score (nSPS) is 29.9. The zero-order valence-corrected chi connectivity index (χ0v) is 14.3. The number of likely N-dealkylation sites (tertiary alicyclic amines) is 1. The van der Waals surface area contributed by atoms with E-state index >= 15 is 0 Å². The van der Waals surface area contributed by atoms with Crippen LogP contribution in [0.4, 0.5) is 0 Å². The molecule has 6 nitrogen and oxygen atoms in total. The van der Waals surface area contributed by atoms with E-state index in [0.29, 0.717) is 44.2 Å². The molecule has 1 heterocycles. The molecule has 1 aliphatic carbocycles. The summed E-state index contributed by atoms with van der Waals surface area (Å²) in [5.74, 6) is -0.218. The highest BCUT2D eigenvalue weighted by Crippen LogP contribution is 2.25. The highest BCUT2D eigenvalue weighted by molar-refractivity contribution is 5.94. The topological polar surface area (TPSA) is 89.9 Å². The predicted molar refractivity (Wildman–Crippen MR) is 92.9 cm³/mol. The zero-order chi connectivity index (χ0) is 17.8. The molecule has 0 aromatic heterocycles. The minimum Gasteiger partial charge on any atom is -0.393 e. The first kappa shape index (κ1) is 17.9. The van der Waals surface area contributed by atoms with Crippen molar-refractivity contribution in [2.24, 2.45) is 5.92 Å². The molecule has 2 fully saturated rings. The summed E-state index contributed by atoms with van der Waals surface area (Å²) in [6.45, 7) is 0.737. The van der Waals surface area contributed by atoms with Gasteiger partial charge < -0.3 is 20.4 Å². The van der Waals surface area contributed by atoms with Gasteiger partial charge in [-0.05, 0) is 44.2 Å². The Morgan fingerprint density at radius 2 is 1.68 bits per heavy atom. The Balaban J connectivity index is 1.52. The van der Waals surface area contributed by atoms with E-state index in [2.05, 4.69) is 5.32 Å². The highest BCUT2D eigenvalue weighted by atomic mass is 16.3. The molecule has 25 heavy (non-hydrogen) atoms. The molecule has 0 spiro atoms. The summed E-state index contributed by atoms with van der Waals surface area (Å²) in [6, 6.07) is 8.70. The van der Waals surface area contributed by atoms with Crippen LogP contribution in [0.2, 0.25) is 0 Å². The summed E-state index contributed by atoms with van der Waals surface area (Å²) in [4.78, 5) is 26.5. The van der Waals surface area contributed by atoms with Gasteiger partial charge in [0.15, 0.2) is 0 Å². The molecule has 1 aromatic carbocycles. The fraction of sp³-hybridized carbons (Fsp3) is 0.579. The van der Waals surface area contributed by atoms with Crippen molar-refractivity contribution in [1.29, 1.82) is 0 Å². The summed E-state index contributed by atoms with van der Waals surface area (Å²) in [6.07, 6.45) is 2.18. The number of aliphatic hydroxyl groups is 2. The van der Waals surface area contributed by atoms with E-state index < -0.39 is 6.10 Å². The molecule has 0 radical (unpaired) electrons. The second kappa shape index (κ2) is 7.97. The molecule has 1 aliphatic heterocycles. The Morgan fingerprint density at radius 1 is 1.00 bits per heavy atom. The summed E-state index contributed by atoms with van der Waals surface area (Å²) in [5.41, 5.74) is 0.609. The van der Waals surface area contributed by atoms with E-state index in [9.17, 15) is 19.8 Å². The van der Waals surface area contributed by atoms with Crippen LogP contribution in [0.5, 0.6) is 0 Å². The molecule has 2 aliphatic rings. The van der Waals surface area contributed by atoms with Crippen molar-refractivity contribution in [1.82, 2.24) is 10.2 Å². The lowest BCUT2D eigenvalue weighted by Crippen LogP contribution is -2.56. The second-order valence-electron chi connectivity index (χ2n) is 7.09. The van der Waals surface area contributed by atoms with E-state index in [1.54, 1.807) is 17.0 Å². The second-order valence-corrected chi connectivity index (χ2v) is 7.09. The lowest BCUT2D eigenvalue weighted by molar-refractivity contribution is -0.128. The van der Waals surface area contributed by atoms with Crippen LogP contribution < -0.4 is 5.32 Å². The number of hydrogen-bond donors (Lipinski definition) is 3. The van der Waals surface area contributed by atoms with Crippen LogP contribution in [-0.2, 0) is 4.79 Å². The minimum atomic E-state index is -0.764. The maximum absolute atomic E-state index is 12.5. The standard InChI is InChI=1S/C19H26N2O4/c22-15-8-6-13(7-9-15)18(24)20-16-10-11-21(12-17(16)23)19(25)14-4-2-1-3-5-14/h1-5,13,15-17,22-23H,6-12H2,(H,20,24). The number of aliphatic hydroxyl groups excluding tert-OH is 2. The summed E-state index contributed by atoms with van der Waals surface area (Å²) in [5, 5.41) is 22.9. The van der Waals surface area contributed by atoms with Crippen LogP contribution in [0, 0.1) is 5.92 Å². The van der Waals surface area contributed by atoms with Gasteiger partial charge in [0.2, 0.25) is 5.91 Å². The first-order valence-corrected chi connectivity index (χ1v) is 9.05. The molecule has 2 unspecified atom stereocenters. The Morgan fingerprint density at radius 3 is 2.32 bits per heavy atom. The van der Waals surface area contributed by atoms with E-state index in [1.165, 1.54) is 0 Å². The van der Waals surface area contributed by atoms with E-state index in [0.717, 1.165) is 0 Å². The fourth-order valence-corrected chi connectivity index (χ4v) is 3.69. The van der Waals surface area contributed by atoms with E-state index in [-0.39, 0.29) is 36.4 Å². The molecule has 6 heteroatoms. The molecule has 1 aromatic rings. The third-order valence-electron chi connectivity index (χ3n) is 5.29. The first-order valence-electron chi connectivity index (χ1n) is 9.05. The van der Waals surface area contributed by atoms with Crippen molar-refractivity contribution in [3.8, 4) is 0 Å². The number of rotatable bonds is 3. The van der Waals surface area contributed by atoms with Gasteiger partial charge in [-0.25, -0.2) is 0 Å². The molecule has 1 saturated carbocycles. The van der Waals surface area contributed by atoms with Gasteiger partial charge in [-0.2, -0.15) is 0 Å². The molecule has 0 bridgehead atoms. The van der Waals surface area contributed by atoms with Crippen molar-refractivity contribution >= 4 is 11.8 Å². The first-order chi connectivity index (χ1) is 12.0. The fourth-order valence-electron chi connectivity index (χ4n) is 3.69. The number of carbonyl (C=O) groups is 2. The van der Waals surface area contributed by atoms with Crippen molar-refractivity contribution in [3.05, 3.63) is 35.9 Å². The van der Waals surface area contributed by atoms with Crippen LogP contribution in [0.3, 0.4) is 0 Å². The van der Waals surface area contributed by atoms with Crippen LogP contribution in [0.15, 0.2) is 30.3 Å². The van der Waals surface area contributed by atoms with Crippen LogP contribution in [-0.4, -0.2) is 58.3 Å². The number of hydrogen-bond acceptors (Lipinski definition) is 4. The summed E-state index contributed by atoms with van der Waals surface area (Å²) >= 11 is 0. The van der Waals surface area contributed by atoms with Gasteiger partial charge in [0, 0.05) is 24.6 Å². The third-order valence-corrected chi connectivity index (χ3v) is 5.29. The van der Waals surface area contributed by atoms with Gasteiger partial charge in [0.25, 0.3) is 5.91 Å². The average molecular weight is 346 g/mol. The number of amides is 2. The molecular formula is C19H26N2O4. The number of β-amino-alcohol motifs (C(OH)–C–C–N with tert-alkyl or cyclic N) is 1. The molecule has 3 N–H and O–H groups in total. The Kier molecular flexibility index (Phi) is 5.71. The SMILES string of the molecule is O=C(NC1CCN(C(=O)c2ccccc2)CC1O)C1CCC(O)CC1. The van der Waals surface area contributed by atoms with Crippen molar-refractivity contribution in [2.45, 2.75) is 50.4 Å². The molecule has 1 saturated heterocycles. The van der Waals surface area contributed by atoms with Crippen molar-refractivity contribution in [3.63, 3.8) is 0 Å². The number of carbonyl (C=O) groups excluding carboxylic acids is 2. The predicted octanol–water partition coefficient (Wildman–Crippen LogP) is 0.929. The molecule has 136 valence electrons. The van der Waals surface area contributed by atoms with Gasteiger partial charge in [-0.3, -0.25) is 9.59 Å². The maximum atomic E-state index is 12.5. The van der Waals surface area contributed by atoms with Gasteiger partial charge in [0.05, 0.1) is 18.2 Å². The van der Waals surface area contributed by atoms with Crippen molar-refractivity contribution in [2.75, 3.05) is 13.1 Å². The number of nitrogens with zero attached hydrogens (tertiary/aromatic N) is 1. The highest BCUT2D eigenvalue weighted by Gasteiger charge is 2.33. The molecule has 2 atom stereocenters. The molecular weight excluding hydrogens is 320 g/mol. The largest absolute Gasteiger partial charge is 0.393 e. The Bertz CT molecular complexity index is 599. The van der Waals surface area contributed by atoms with E-state index in [1.807, 2.05) is 18.2 Å². The lowest BCUT2D eigenvalue weighted by atomic mass is 9.86. The zero-order valence-electron chi connectivity index (χ0n) is 14.3. The third kappa shape index (κ3) is 4.38. The monoisotopic (exact) mass is 346 g/mol. The van der Waals surface area contributed by atoms with Crippen LogP contribution in [0.25, 0.3) is 0 Å².